The van der Waals surface area contributed by atoms with E-state index in [2.05, 4.69) is 0 Å². The zero-order chi connectivity index (χ0) is 26.4. The number of para-hydroxylation sites is 1. The number of nitro benzene ring substituents is 1. The van der Waals surface area contributed by atoms with Gasteiger partial charge in [-0.2, -0.15) is 0 Å². The molecule has 9 nitrogen and oxygen atoms in total. The van der Waals surface area contributed by atoms with Gasteiger partial charge in [0.1, 0.15) is 19.0 Å². The highest BCUT2D eigenvalue weighted by Crippen LogP contribution is 2.35. The molecule has 1 heterocycles. The third-order valence-electron chi connectivity index (χ3n) is 5.28. The van der Waals surface area contributed by atoms with Crippen LogP contribution in [0.15, 0.2) is 71.6 Å². The van der Waals surface area contributed by atoms with Gasteiger partial charge in [-0.25, -0.2) is 0 Å². The zero-order valence-electron chi connectivity index (χ0n) is 19.6. The molecule has 0 bridgehead atoms. The third-order valence-corrected chi connectivity index (χ3v) is 6.50. The van der Waals surface area contributed by atoms with Crippen LogP contribution < -0.4 is 14.2 Å². The number of amides is 2. The average molecular weight is 541 g/mol. The van der Waals surface area contributed by atoms with Crippen LogP contribution in [0.3, 0.4) is 0 Å². The third kappa shape index (κ3) is 6.41. The number of non-ortho nitro benzene ring substituents is 1. The number of benzene rings is 3. The zero-order valence-corrected chi connectivity index (χ0v) is 21.2. The van der Waals surface area contributed by atoms with E-state index in [1.54, 1.807) is 60.7 Å². The van der Waals surface area contributed by atoms with E-state index in [0.29, 0.717) is 33.4 Å². The Hall–Kier alpha value is -4.02. The van der Waals surface area contributed by atoms with Crippen LogP contribution in [0.4, 0.5) is 10.5 Å². The second-order valence-corrected chi connectivity index (χ2v) is 9.14. The highest BCUT2D eigenvalue weighted by atomic mass is 35.5. The van der Waals surface area contributed by atoms with Crippen molar-refractivity contribution < 1.29 is 28.7 Å². The Bertz CT molecular complexity index is 1380. The van der Waals surface area contributed by atoms with Crippen molar-refractivity contribution in [1.29, 1.82) is 0 Å². The number of rotatable bonds is 10. The van der Waals surface area contributed by atoms with E-state index in [-0.39, 0.29) is 35.6 Å². The lowest BCUT2D eigenvalue weighted by atomic mass is 10.1. The summed E-state index contributed by atoms with van der Waals surface area (Å²) in [7, 11) is 1.48. The van der Waals surface area contributed by atoms with E-state index in [9.17, 15) is 19.7 Å². The van der Waals surface area contributed by atoms with Crippen molar-refractivity contribution in [3.63, 3.8) is 0 Å². The first-order valence-corrected chi connectivity index (χ1v) is 12.2. The SMILES string of the molecule is COc1cc(/C=C2\SC(=O)N(CCOc3ccccc3Cl)C2=O)ccc1OCc1cccc([N+](=O)[O-])c1. The lowest BCUT2D eigenvalue weighted by Gasteiger charge is -2.14. The number of ether oxygens (including phenoxy) is 3. The topological polar surface area (TPSA) is 108 Å². The van der Waals surface area contributed by atoms with Gasteiger partial charge in [-0.05, 0) is 53.2 Å². The number of nitro groups is 1. The maximum Gasteiger partial charge on any atom is 0.293 e. The Kier molecular flexibility index (Phi) is 8.32. The number of thioether (sulfide) groups is 1. The monoisotopic (exact) mass is 540 g/mol. The van der Waals surface area contributed by atoms with Crippen LogP contribution in [-0.4, -0.2) is 41.2 Å². The van der Waals surface area contributed by atoms with E-state index < -0.39 is 10.8 Å². The van der Waals surface area contributed by atoms with Crippen LogP contribution >= 0.6 is 23.4 Å². The van der Waals surface area contributed by atoms with Crippen molar-refractivity contribution in [3.05, 3.63) is 97.9 Å². The lowest BCUT2D eigenvalue weighted by molar-refractivity contribution is -0.384. The minimum Gasteiger partial charge on any atom is -0.493 e. The van der Waals surface area contributed by atoms with Gasteiger partial charge in [0.2, 0.25) is 0 Å². The average Bonchev–Trinajstić information content (AvgIpc) is 3.16. The van der Waals surface area contributed by atoms with Gasteiger partial charge in [0.05, 0.1) is 28.5 Å². The van der Waals surface area contributed by atoms with Crippen LogP contribution in [0, 0.1) is 10.1 Å². The number of nitrogens with zero attached hydrogens (tertiary/aromatic N) is 2. The summed E-state index contributed by atoms with van der Waals surface area (Å²) in [4.78, 5) is 37.1. The van der Waals surface area contributed by atoms with E-state index in [4.69, 9.17) is 25.8 Å². The molecule has 2 amide bonds. The van der Waals surface area contributed by atoms with Gasteiger partial charge in [-0.1, -0.05) is 41.9 Å². The number of methoxy groups -OCH3 is 1. The van der Waals surface area contributed by atoms with Gasteiger partial charge < -0.3 is 14.2 Å². The van der Waals surface area contributed by atoms with Gasteiger partial charge >= 0.3 is 0 Å². The van der Waals surface area contributed by atoms with Crippen molar-refractivity contribution in [1.82, 2.24) is 4.90 Å². The number of halogens is 1. The van der Waals surface area contributed by atoms with Crippen LogP contribution in [-0.2, 0) is 11.4 Å². The Morgan fingerprint density at radius 2 is 1.81 bits per heavy atom. The van der Waals surface area contributed by atoms with Gasteiger partial charge in [0.15, 0.2) is 11.5 Å². The van der Waals surface area contributed by atoms with E-state index in [1.165, 1.54) is 19.2 Å². The standard InChI is InChI=1S/C26H21ClN2O7S/c1-34-23-14-17(9-10-22(23)36-16-18-5-4-6-19(13-18)29(32)33)15-24-25(30)28(26(31)37-24)11-12-35-21-8-3-2-7-20(21)27/h2-10,13-15H,11-12,16H2,1H3/b24-15-. The first kappa shape index (κ1) is 26.1. The molecule has 1 aliphatic heterocycles. The predicted molar refractivity (Wildman–Crippen MR) is 140 cm³/mol. The molecule has 1 saturated heterocycles. The number of hydrogen-bond donors (Lipinski definition) is 0. The molecule has 1 fully saturated rings. The quantitative estimate of drug-likeness (QED) is 0.176. The molecule has 0 aliphatic carbocycles. The summed E-state index contributed by atoms with van der Waals surface area (Å²) in [5, 5.41) is 11.0. The molecule has 3 aromatic rings. The molecule has 1 aliphatic rings. The van der Waals surface area contributed by atoms with Gasteiger partial charge in [-0.15, -0.1) is 0 Å². The van der Waals surface area contributed by atoms with Gasteiger partial charge in [-0.3, -0.25) is 24.6 Å². The highest BCUT2D eigenvalue weighted by molar-refractivity contribution is 8.18. The first-order valence-electron chi connectivity index (χ1n) is 11.0. The maximum atomic E-state index is 12.8. The normalized spacial score (nSPS) is 14.2. The summed E-state index contributed by atoms with van der Waals surface area (Å²) in [6, 6.07) is 18.2. The Morgan fingerprint density at radius 1 is 1.00 bits per heavy atom. The molecule has 0 unspecified atom stereocenters. The molecule has 190 valence electrons. The van der Waals surface area contributed by atoms with Gasteiger partial charge in [0, 0.05) is 12.1 Å². The second-order valence-electron chi connectivity index (χ2n) is 7.74. The van der Waals surface area contributed by atoms with Crippen molar-refractivity contribution in [3.8, 4) is 17.2 Å². The second kappa shape index (κ2) is 11.8. The largest absolute Gasteiger partial charge is 0.493 e. The molecule has 0 aromatic heterocycles. The van der Waals surface area contributed by atoms with E-state index >= 15 is 0 Å². The molecule has 0 radical (unpaired) electrons. The van der Waals surface area contributed by atoms with Crippen molar-refractivity contribution in [2.45, 2.75) is 6.61 Å². The van der Waals surface area contributed by atoms with Crippen LogP contribution in [0.25, 0.3) is 6.08 Å². The Balaban J connectivity index is 1.40. The maximum absolute atomic E-state index is 12.8. The van der Waals surface area contributed by atoms with Crippen LogP contribution in [0.5, 0.6) is 17.2 Å². The van der Waals surface area contributed by atoms with Crippen molar-refractivity contribution in [2.24, 2.45) is 0 Å². The minimum absolute atomic E-state index is 0.0206. The minimum atomic E-state index is -0.466. The molecule has 3 aromatic carbocycles. The number of carbonyl (C=O) groups excluding carboxylic acids is 2. The molecular formula is C26H21ClN2O7S. The molecule has 0 saturated carbocycles. The predicted octanol–water partition coefficient (Wildman–Crippen LogP) is 5.95. The summed E-state index contributed by atoms with van der Waals surface area (Å²) in [6.45, 7) is 0.299. The molecule has 11 heteroatoms. The van der Waals surface area contributed by atoms with Crippen LogP contribution in [0.2, 0.25) is 5.02 Å². The highest BCUT2D eigenvalue weighted by Gasteiger charge is 2.34. The van der Waals surface area contributed by atoms with Crippen LogP contribution in [0.1, 0.15) is 11.1 Å². The number of imide groups is 1. The number of hydrogen-bond acceptors (Lipinski definition) is 8. The molecule has 0 atom stereocenters. The molecule has 0 N–H and O–H groups in total. The fraction of sp³-hybridized carbons (Fsp3) is 0.154. The molecule has 0 spiro atoms. The summed E-state index contributed by atoms with van der Waals surface area (Å²) in [6.07, 6.45) is 1.60. The summed E-state index contributed by atoms with van der Waals surface area (Å²) >= 11 is 6.91. The summed E-state index contributed by atoms with van der Waals surface area (Å²) < 4.78 is 16.8. The molecular weight excluding hydrogens is 520 g/mol. The van der Waals surface area contributed by atoms with E-state index in [0.717, 1.165) is 16.7 Å². The van der Waals surface area contributed by atoms with Gasteiger partial charge in [0.25, 0.3) is 16.8 Å². The molecule has 37 heavy (non-hydrogen) atoms. The van der Waals surface area contributed by atoms with Crippen molar-refractivity contribution >= 4 is 46.3 Å². The number of carbonyl (C=O) groups is 2. The fourth-order valence-corrected chi connectivity index (χ4v) is 4.52. The summed E-state index contributed by atoms with van der Waals surface area (Å²) in [5.41, 5.74) is 1.25. The first-order chi connectivity index (χ1) is 17.9. The lowest BCUT2D eigenvalue weighted by Crippen LogP contribution is -2.32. The van der Waals surface area contributed by atoms with Crippen molar-refractivity contribution in [2.75, 3.05) is 20.3 Å². The summed E-state index contributed by atoms with van der Waals surface area (Å²) in [5.74, 6) is 0.900. The smallest absolute Gasteiger partial charge is 0.293 e. The Morgan fingerprint density at radius 3 is 2.57 bits per heavy atom. The molecule has 4 rings (SSSR count). The van der Waals surface area contributed by atoms with E-state index in [1.807, 2.05) is 0 Å². The Labute approximate surface area is 221 Å². The fourth-order valence-electron chi connectivity index (χ4n) is 3.47.